The molecule has 0 unspecified atom stereocenters. The number of hydrogen-bond acceptors (Lipinski definition) is 7. The summed E-state index contributed by atoms with van der Waals surface area (Å²) in [5, 5.41) is 10.2. The highest BCUT2D eigenvalue weighted by atomic mass is 35.5. The fourth-order valence-electron chi connectivity index (χ4n) is 3.19. The highest BCUT2D eigenvalue weighted by molar-refractivity contribution is 6.30. The molecule has 0 amide bonds. The van der Waals surface area contributed by atoms with Gasteiger partial charge in [0, 0.05) is 5.02 Å². The van der Waals surface area contributed by atoms with Gasteiger partial charge in [-0.2, -0.15) is 5.26 Å². The average Bonchev–Trinajstić information content (AvgIpc) is 2.87. The number of rotatable bonds is 8. The number of ether oxygens (including phenoxy) is 5. The van der Waals surface area contributed by atoms with Crippen LogP contribution in [0.2, 0.25) is 5.02 Å². The number of benzene rings is 3. The number of allylic oxidation sites excluding steroid dienone is 1. The second kappa shape index (κ2) is 11.1. The smallest absolute Gasteiger partial charge is 0.343 e. The van der Waals surface area contributed by atoms with Crippen LogP contribution in [0.4, 0.5) is 0 Å². The van der Waals surface area contributed by atoms with Crippen LogP contribution in [0.1, 0.15) is 21.5 Å². The van der Waals surface area contributed by atoms with Gasteiger partial charge in [-0.05, 0) is 53.6 Å². The Morgan fingerprint density at radius 2 is 1.41 bits per heavy atom. The van der Waals surface area contributed by atoms with Gasteiger partial charge < -0.3 is 23.7 Å². The van der Waals surface area contributed by atoms with Crippen LogP contribution in [0.15, 0.2) is 54.6 Å². The van der Waals surface area contributed by atoms with Crippen molar-refractivity contribution in [3.8, 4) is 34.8 Å². The molecule has 0 bridgehead atoms. The van der Waals surface area contributed by atoms with Crippen LogP contribution < -0.4 is 23.7 Å². The number of hydrogen-bond donors (Lipinski definition) is 0. The van der Waals surface area contributed by atoms with Gasteiger partial charge in [0.05, 0.1) is 45.6 Å². The average molecular weight is 480 g/mol. The van der Waals surface area contributed by atoms with Crippen LogP contribution in [0.3, 0.4) is 0 Å². The Labute approximate surface area is 202 Å². The Morgan fingerprint density at radius 1 is 0.794 bits per heavy atom. The second-order valence-corrected chi connectivity index (χ2v) is 7.33. The lowest BCUT2D eigenvalue weighted by Gasteiger charge is -2.14. The lowest BCUT2D eigenvalue weighted by Crippen LogP contribution is -2.10. The molecular weight excluding hydrogens is 458 g/mol. The monoisotopic (exact) mass is 479 g/mol. The predicted molar refractivity (Wildman–Crippen MR) is 129 cm³/mol. The summed E-state index contributed by atoms with van der Waals surface area (Å²) in [4.78, 5) is 12.8. The van der Waals surface area contributed by atoms with E-state index in [0.29, 0.717) is 39.2 Å². The maximum Gasteiger partial charge on any atom is 0.343 e. The van der Waals surface area contributed by atoms with Gasteiger partial charge in [-0.1, -0.05) is 29.8 Å². The minimum Gasteiger partial charge on any atom is -0.493 e. The summed E-state index contributed by atoms with van der Waals surface area (Å²) in [6.07, 6.45) is 1.70. The molecule has 0 heterocycles. The van der Waals surface area contributed by atoms with Crippen molar-refractivity contribution in [3.63, 3.8) is 0 Å². The molecular formula is C26H22ClNO6. The highest BCUT2D eigenvalue weighted by Crippen LogP contribution is 2.39. The van der Waals surface area contributed by atoms with Crippen molar-refractivity contribution in [1.82, 2.24) is 0 Å². The first-order valence-electron chi connectivity index (χ1n) is 10.0. The molecule has 3 rings (SSSR count). The van der Waals surface area contributed by atoms with E-state index in [4.69, 9.17) is 35.3 Å². The molecule has 0 atom stereocenters. The largest absolute Gasteiger partial charge is 0.493 e. The van der Waals surface area contributed by atoms with E-state index in [0.717, 1.165) is 5.56 Å². The number of carbonyl (C=O) groups is 1. The Balaban J connectivity index is 1.90. The van der Waals surface area contributed by atoms with E-state index in [-0.39, 0.29) is 11.3 Å². The highest BCUT2D eigenvalue weighted by Gasteiger charge is 2.19. The SMILES string of the molecule is COc1cc(/C=C(\C#N)c2ccc(Cl)cc2)ccc1OC(=O)c1cc(OC)c(OC)c(OC)c1. The summed E-state index contributed by atoms with van der Waals surface area (Å²) >= 11 is 5.93. The fraction of sp³-hybridized carbons (Fsp3) is 0.154. The molecule has 0 aromatic heterocycles. The van der Waals surface area contributed by atoms with E-state index in [1.807, 2.05) is 0 Å². The van der Waals surface area contributed by atoms with Gasteiger partial charge >= 0.3 is 5.97 Å². The fourth-order valence-corrected chi connectivity index (χ4v) is 3.32. The van der Waals surface area contributed by atoms with Crippen LogP contribution in [0.25, 0.3) is 11.6 Å². The van der Waals surface area contributed by atoms with Crippen molar-refractivity contribution in [3.05, 3.63) is 76.3 Å². The summed E-state index contributed by atoms with van der Waals surface area (Å²) in [6, 6.07) is 17.1. The zero-order chi connectivity index (χ0) is 24.7. The summed E-state index contributed by atoms with van der Waals surface area (Å²) < 4.78 is 26.8. The van der Waals surface area contributed by atoms with E-state index >= 15 is 0 Å². The molecule has 0 aliphatic heterocycles. The van der Waals surface area contributed by atoms with Crippen molar-refractivity contribution < 1.29 is 28.5 Å². The van der Waals surface area contributed by atoms with Gasteiger partial charge in [-0.25, -0.2) is 4.79 Å². The lowest BCUT2D eigenvalue weighted by molar-refractivity contribution is 0.0728. The standard InChI is InChI=1S/C26H22ClNO6/c1-30-22-12-16(11-19(15-28)17-6-8-20(27)9-7-17)5-10-21(22)34-26(29)18-13-23(31-2)25(33-4)24(14-18)32-3/h5-14H,1-4H3/b19-11+. The summed E-state index contributed by atoms with van der Waals surface area (Å²) in [7, 11) is 5.86. The molecule has 0 aliphatic carbocycles. The maximum absolute atomic E-state index is 12.8. The summed E-state index contributed by atoms with van der Waals surface area (Å²) in [5.74, 6) is 0.912. The zero-order valence-electron chi connectivity index (χ0n) is 19.0. The van der Waals surface area contributed by atoms with Crippen molar-refractivity contribution in [1.29, 1.82) is 5.26 Å². The molecule has 0 saturated heterocycles. The minimum atomic E-state index is -0.639. The maximum atomic E-state index is 12.8. The van der Waals surface area contributed by atoms with Crippen molar-refractivity contribution in [2.75, 3.05) is 28.4 Å². The van der Waals surface area contributed by atoms with Gasteiger partial charge in [-0.3, -0.25) is 0 Å². The number of methoxy groups -OCH3 is 4. The number of esters is 1. The predicted octanol–water partition coefficient (Wildman–Crippen LogP) is 5.66. The lowest BCUT2D eigenvalue weighted by atomic mass is 10.0. The third kappa shape index (κ3) is 5.42. The first-order chi connectivity index (χ1) is 16.4. The van der Waals surface area contributed by atoms with Crippen LogP contribution in [-0.4, -0.2) is 34.4 Å². The third-order valence-electron chi connectivity index (χ3n) is 4.88. The minimum absolute atomic E-state index is 0.204. The number of carbonyl (C=O) groups excluding carboxylic acids is 1. The van der Waals surface area contributed by atoms with Gasteiger partial charge in [0.2, 0.25) is 5.75 Å². The van der Waals surface area contributed by atoms with Crippen LogP contribution in [0, 0.1) is 11.3 Å². The Bertz CT molecular complexity index is 1240. The van der Waals surface area contributed by atoms with Crippen LogP contribution in [-0.2, 0) is 0 Å². The third-order valence-corrected chi connectivity index (χ3v) is 5.13. The van der Waals surface area contributed by atoms with Crippen molar-refractivity contribution in [2.45, 2.75) is 0 Å². The first kappa shape index (κ1) is 24.5. The van der Waals surface area contributed by atoms with Crippen LogP contribution >= 0.6 is 11.6 Å². The molecule has 7 nitrogen and oxygen atoms in total. The Kier molecular flexibility index (Phi) is 8.01. The molecule has 0 fully saturated rings. The quantitative estimate of drug-likeness (QED) is 0.178. The summed E-state index contributed by atoms with van der Waals surface area (Å²) in [5.41, 5.74) is 2.07. The number of nitriles is 1. The normalized spacial score (nSPS) is 10.8. The number of nitrogens with zero attached hydrogens (tertiary/aromatic N) is 1. The van der Waals surface area contributed by atoms with E-state index in [1.54, 1.807) is 48.5 Å². The van der Waals surface area contributed by atoms with E-state index < -0.39 is 5.97 Å². The van der Waals surface area contributed by atoms with Gasteiger partial charge in [0.25, 0.3) is 0 Å². The van der Waals surface area contributed by atoms with Gasteiger partial charge in [0.15, 0.2) is 23.0 Å². The molecule has 0 radical (unpaired) electrons. The molecule has 174 valence electrons. The Hall–Kier alpha value is -4.15. The molecule has 0 spiro atoms. The van der Waals surface area contributed by atoms with Crippen molar-refractivity contribution >= 4 is 29.2 Å². The van der Waals surface area contributed by atoms with Crippen LogP contribution in [0.5, 0.6) is 28.7 Å². The van der Waals surface area contributed by atoms with Crippen molar-refractivity contribution in [2.24, 2.45) is 0 Å². The Morgan fingerprint density at radius 3 is 1.94 bits per heavy atom. The van der Waals surface area contributed by atoms with Gasteiger partial charge in [-0.15, -0.1) is 0 Å². The summed E-state index contributed by atoms with van der Waals surface area (Å²) in [6.45, 7) is 0. The second-order valence-electron chi connectivity index (χ2n) is 6.89. The molecule has 3 aromatic rings. The topological polar surface area (TPSA) is 87.0 Å². The molecule has 34 heavy (non-hydrogen) atoms. The first-order valence-corrected chi connectivity index (χ1v) is 10.4. The molecule has 0 saturated carbocycles. The van der Waals surface area contributed by atoms with E-state index in [1.165, 1.54) is 40.6 Å². The molecule has 0 aliphatic rings. The number of halogens is 1. The van der Waals surface area contributed by atoms with Gasteiger partial charge in [0.1, 0.15) is 0 Å². The molecule has 0 N–H and O–H groups in total. The molecule has 8 heteroatoms. The van der Waals surface area contributed by atoms with E-state index in [9.17, 15) is 10.1 Å². The van der Waals surface area contributed by atoms with E-state index in [2.05, 4.69) is 6.07 Å². The molecule has 3 aromatic carbocycles. The zero-order valence-corrected chi connectivity index (χ0v) is 19.8.